The van der Waals surface area contributed by atoms with E-state index in [2.05, 4.69) is 29.4 Å². The molecule has 0 N–H and O–H groups in total. The van der Waals surface area contributed by atoms with Crippen LogP contribution >= 0.6 is 0 Å². The molecule has 0 saturated carbocycles. The number of aromatic nitrogens is 3. The topological polar surface area (TPSA) is 60.2 Å². The summed E-state index contributed by atoms with van der Waals surface area (Å²) in [5.41, 5.74) is 6.01. The van der Waals surface area contributed by atoms with E-state index in [1.807, 2.05) is 55.3 Å². The van der Waals surface area contributed by atoms with Crippen LogP contribution < -0.4 is 0 Å². The number of ether oxygens (including phenoxy) is 1. The third-order valence-electron chi connectivity index (χ3n) is 7.02. The number of pyridine rings is 1. The van der Waals surface area contributed by atoms with Crippen molar-refractivity contribution in [2.75, 3.05) is 13.1 Å². The van der Waals surface area contributed by atoms with Crippen LogP contribution in [0.1, 0.15) is 40.0 Å². The minimum atomic E-state index is -0.414. The summed E-state index contributed by atoms with van der Waals surface area (Å²) in [5.74, 6) is 0.0164. The van der Waals surface area contributed by atoms with Crippen LogP contribution in [0.15, 0.2) is 60.7 Å². The molecular weight excluding hydrogens is 412 g/mol. The first kappa shape index (κ1) is 20.1. The summed E-state index contributed by atoms with van der Waals surface area (Å²) in [7, 11) is 1.88. The minimum Gasteiger partial charge on any atom is -0.364 e. The quantitative estimate of drug-likeness (QED) is 0.459. The Morgan fingerprint density at radius 3 is 2.73 bits per heavy atom. The molecule has 4 aromatic rings. The van der Waals surface area contributed by atoms with Crippen LogP contribution in [0.3, 0.4) is 0 Å². The first-order chi connectivity index (χ1) is 16.1. The van der Waals surface area contributed by atoms with Gasteiger partial charge in [-0.05, 0) is 37.0 Å². The Kier molecular flexibility index (Phi) is 4.59. The first-order valence-corrected chi connectivity index (χ1v) is 11.5. The van der Waals surface area contributed by atoms with E-state index in [1.165, 1.54) is 11.1 Å². The van der Waals surface area contributed by atoms with E-state index in [-0.39, 0.29) is 5.91 Å². The lowest BCUT2D eigenvalue weighted by Gasteiger charge is -2.40. The summed E-state index contributed by atoms with van der Waals surface area (Å²) in [4.78, 5) is 20.8. The number of carbonyl (C=O) groups excluding carboxylic acids is 1. The van der Waals surface area contributed by atoms with Gasteiger partial charge in [-0.25, -0.2) is 4.98 Å². The molecule has 1 fully saturated rings. The van der Waals surface area contributed by atoms with Gasteiger partial charge < -0.3 is 9.64 Å². The van der Waals surface area contributed by atoms with Crippen LogP contribution in [0.25, 0.3) is 22.3 Å². The van der Waals surface area contributed by atoms with E-state index in [0.717, 1.165) is 47.4 Å². The van der Waals surface area contributed by atoms with Gasteiger partial charge in [-0.3, -0.25) is 9.48 Å². The molecule has 6 heteroatoms. The Morgan fingerprint density at radius 1 is 1.09 bits per heavy atom. The predicted molar refractivity (Wildman–Crippen MR) is 127 cm³/mol. The third-order valence-corrected chi connectivity index (χ3v) is 7.02. The predicted octanol–water partition coefficient (Wildman–Crippen LogP) is 4.61. The van der Waals surface area contributed by atoms with Gasteiger partial charge in [0.25, 0.3) is 5.91 Å². The van der Waals surface area contributed by atoms with Gasteiger partial charge in [0.1, 0.15) is 5.60 Å². The number of likely N-dealkylation sites (tertiary alicyclic amines) is 1. The van der Waals surface area contributed by atoms with Gasteiger partial charge in [-0.1, -0.05) is 54.6 Å². The highest BCUT2D eigenvalue weighted by Crippen LogP contribution is 2.43. The number of fused-ring (bicyclic) bond motifs is 3. The van der Waals surface area contributed by atoms with Crippen LogP contribution in [-0.2, 0) is 24.0 Å². The Morgan fingerprint density at radius 2 is 1.88 bits per heavy atom. The van der Waals surface area contributed by atoms with Crippen LogP contribution in [-0.4, -0.2) is 38.7 Å². The highest BCUT2D eigenvalue weighted by molar-refractivity contribution is 6.07. The van der Waals surface area contributed by atoms with Crippen LogP contribution in [0, 0.1) is 6.92 Å². The molecule has 1 amide bonds. The molecule has 1 atom stereocenters. The lowest BCUT2D eigenvalue weighted by molar-refractivity contribution is -0.0785. The number of rotatable bonds is 2. The van der Waals surface area contributed by atoms with Gasteiger partial charge in [0, 0.05) is 19.2 Å². The Labute approximate surface area is 192 Å². The molecule has 1 unspecified atom stereocenters. The van der Waals surface area contributed by atoms with Crippen LogP contribution in [0.5, 0.6) is 0 Å². The molecule has 0 radical (unpaired) electrons. The van der Waals surface area contributed by atoms with Crippen molar-refractivity contribution in [2.45, 2.75) is 32.0 Å². The molecule has 2 aromatic heterocycles. The molecule has 166 valence electrons. The number of piperidine rings is 1. The Bertz CT molecular complexity index is 1370. The maximum Gasteiger partial charge on any atom is 0.254 e. The molecule has 2 aromatic carbocycles. The third kappa shape index (κ3) is 3.16. The molecule has 1 saturated heterocycles. The molecule has 6 nitrogen and oxygen atoms in total. The van der Waals surface area contributed by atoms with E-state index < -0.39 is 5.60 Å². The average Bonchev–Trinajstić information content (AvgIpc) is 3.35. The van der Waals surface area contributed by atoms with Gasteiger partial charge in [0.05, 0.1) is 35.5 Å². The van der Waals surface area contributed by atoms with Crippen LogP contribution in [0.2, 0.25) is 0 Å². The SMILES string of the molecule is Cc1nn(C)c2nc(-c3ccccc3)cc(C(=O)N3CCCC4(C3)OCc3ccccc34)c12. The number of aryl methyl sites for hydroxylation is 2. The van der Waals surface area contributed by atoms with Crippen molar-refractivity contribution in [3.63, 3.8) is 0 Å². The normalized spacial score (nSPS) is 19.9. The van der Waals surface area contributed by atoms with Gasteiger partial charge in [0.2, 0.25) is 0 Å². The van der Waals surface area contributed by atoms with E-state index in [4.69, 9.17) is 9.72 Å². The van der Waals surface area contributed by atoms with Crippen molar-refractivity contribution >= 4 is 16.9 Å². The van der Waals surface area contributed by atoms with E-state index in [0.29, 0.717) is 18.7 Å². The Hall–Kier alpha value is -3.51. The highest BCUT2D eigenvalue weighted by Gasteiger charge is 2.44. The monoisotopic (exact) mass is 438 g/mol. The molecule has 1 spiro atoms. The molecule has 4 heterocycles. The molecule has 0 bridgehead atoms. The van der Waals surface area contributed by atoms with Crippen molar-refractivity contribution in [2.24, 2.45) is 7.05 Å². The van der Waals surface area contributed by atoms with Crippen molar-refractivity contribution in [3.8, 4) is 11.3 Å². The fourth-order valence-electron chi connectivity index (χ4n) is 5.46. The van der Waals surface area contributed by atoms with Gasteiger partial charge in [-0.15, -0.1) is 0 Å². The van der Waals surface area contributed by atoms with E-state index >= 15 is 0 Å². The molecule has 0 aliphatic carbocycles. The summed E-state index contributed by atoms with van der Waals surface area (Å²) < 4.78 is 8.12. The zero-order chi connectivity index (χ0) is 22.6. The van der Waals surface area contributed by atoms with Crippen molar-refractivity contribution in [3.05, 3.63) is 83.0 Å². The number of carbonyl (C=O) groups is 1. The van der Waals surface area contributed by atoms with E-state index in [9.17, 15) is 4.79 Å². The summed E-state index contributed by atoms with van der Waals surface area (Å²) >= 11 is 0. The average molecular weight is 439 g/mol. The zero-order valence-electron chi connectivity index (χ0n) is 18.9. The number of hydrogen-bond donors (Lipinski definition) is 0. The largest absolute Gasteiger partial charge is 0.364 e. The smallest absolute Gasteiger partial charge is 0.254 e. The number of benzene rings is 2. The highest BCUT2D eigenvalue weighted by atomic mass is 16.5. The van der Waals surface area contributed by atoms with E-state index in [1.54, 1.807) is 4.68 Å². The van der Waals surface area contributed by atoms with Crippen molar-refractivity contribution in [1.82, 2.24) is 19.7 Å². The number of amides is 1. The molecular formula is C27H26N4O2. The zero-order valence-corrected chi connectivity index (χ0v) is 18.9. The standard InChI is InChI=1S/C27H26N4O2/c1-18-24-21(15-23(19-9-4-3-5-10-19)28-25(24)30(2)29-18)26(32)31-14-8-13-27(17-31)22-12-7-6-11-20(22)16-33-27/h3-7,9-12,15H,8,13-14,16-17H2,1-2H3. The summed E-state index contributed by atoms with van der Waals surface area (Å²) in [6.07, 6.45) is 1.84. The molecule has 6 rings (SSSR count). The number of hydrogen-bond acceptors (Lipinski definition) is 4. The second-order valence-corrected chi connectivity index (χ2v) is 9.10. The molecule has 2 aliphatic heterocycles. The van der Waals surface area contributed by atoms with Crippen molar-refractivity contribution < 1.29 is 9.53 Å². The maximum atomic E-state index is 14.0. The fourth-order valence-corrected chi connectivity index (χ4v) is 5.46. The van der Waals surface area contributed by atoms with Gasteiger partial charge >= 0.3 is 0 Å². The lowest BCUT2D eigenvalue weighted by Crippen LogP contribution is -2.48. The fraction of sp³-hybridized carbons (Fsp3) is 0.296. The summed E-state index contributed by atoms with van der Waals surface area (Å²) in [5, 5.41) is 5.40. The molecule has 2 aliphatic rings. The second-order valence-electron chi connectivity index (χ2n) is 9.10. The Balaban J connectivity index is 1.44. The van der Waals surface area contributed by atoms with Gasteiger partial charge in [-0.2, -0.15) is 5.10 Å². The summed E-state index contributed by atoms with van der Waals surface area (Å²) in [6.45, 7) is 3.83. The first-order valence-electron chi connectivity index (χ1n) is 11.5. The maximum absolute atomic E-state index is 14.0. The number of nitrogens with zero attached hydrogens (tertiary/aromatic N) is 4. The summed E-state index contributed by atoms with van der Waals surface area (Å²) in [6, 6.07) is 20.3. The lowest BCUT2D eigenvalue weighted by atomic mass is 9.84. The van der Waals surface area contributed by atoms with Crippen LogP contribution in [0.4, 0.5) is 0 Å². The molecule has 33 heavy (non-hydrogen) atoms. The van der Waals surface area contributed by atoms with Crippen molar-refractivity contribution in [1.29, 1.82) is 0 Å². The second kappa shape index (κ2) is 7.52. The van der Waals surface area contributed by atoms with Gasteiger partial charge in [0.15, 0.2) is 5.65 Å². The minimum absolute atomic E-state index is 0.0164.